The predicted octanol–water partition coefficient (Wildman–Crippen LogP) is 4.24. The molecule has 0 unspecified atom stereocenters. The van der Waals surface area contributed by atoms with Crippen molar-refractivity contribution in [3.8, 4) is 11.5 Å². The zero-order valence-corrected chi connectivity index (χ0v) is 12.8. The summed E-state index contributed by atoms with van der Waals surface area (Å²) in [6.07, 6.45) is 1.20. The highest BCUT2D eigenvalue weighted by Crippen LogP contribution is 2.44. The Morgan fingerprint density at radius 1 is 1.09 bits per heavy atom. The maximum atomic E-state index is 12.9. The number of nitrogens with one attached hydrogen (secondary N) is 1. The third kappa shape index (κ3) is 2.25. The molecule has 1 aliphatic rings. The fourth-order valence-electron chi connectivity index (χ4n) is 2.69. The molecule has 4 heteroatoms. The van der Waals surface area contributed by atoms with Crippen LogP contribution >= 0.6 is 0 Å². The monoisotopic (exact) mass is 296 g/mol. The molecule has 3 rings (SSSR count). The van der Waals surface area contributed by atoms with Crippen LogP contribution in [0.4, 0.5) is 11.4 Å². The first kappa shape index (κ1) is 14.6. The van der Waals surface area contributed by atoms with Gasteiger partial charge < -0.3 is 15.8 Å². The van der Waals surface area contributed by atoms with Crippen LogP contribution < -0.4 is 15.8 Å². The number of rotatable bonds is 4. The molecule has 0 radical (unpaired) electrons. The van der Waals surface area contributed by atoms with Crippen LogP contribution in [0.25, 0.3) is 0 Å². The van der Waals surface area contributed by atoms with Gasteiger partial charge in [0.2, 0.25) is 0 Å². The third-order valence-corrected chi connectivity index (χ3v) is 4.35. The van der Waals surface area contributed by atoms with Crippen molar-refractivity contribution in [3.05, 3.63) is 48.0 Å². The maximum Gasteiger partial charge on any atom is 0.184 e. The van der Waals surface area contributed by atoms with E-state index in [4.69, 9.17) is 10.5 Å². The van der Waals surface area contributed by atoms with Crippen LogP contribution in [0, 0.1) is 0 Å². The number of Topliss-reactive ketones (excluding diaryl/α,β-unsaturated/α-hetero) is 1. The van der Waals surface area contributed by atoms with Gasteiger partial charge in [-0.2, -0.15) is 0 Å². The Labute approximate surface area is 130 Å². The van der Waals surface area contributed by atoms with Gasteiger partial charge in [-0.1, -0.05) is 32.0 Å². The van der Waals surface area contributed by atoms with Crippen LogP contribution in [0.1, 0.15) is 37.0 Å². The Kier molecular flexibility index (Phi) is 3.62. The van der Waals surface area contributed by atoms with Crippen LogP contribution in [0.15, 0.2) is 42.5 Å². The lowest BCUT2D eigenvalue weighted by Crippen LogP contribution is -2.47. The Bertz CT molecular complexity index is 721. The fourth-order valence-corrected chi connectivity index (χ4v) is 2.69. The topological polar surface area (TPSA) is 64.4 Å². The summed E-state index contributed by atoms with van der Waals surface area (Å²) < 4.78 is 5.89. The van der Waals surface area contributed by atoms with E-state index < -0.39 is 5.54 Å². The van der Waals surface area contributed by atoms with Gasteiger partial charge in [0.25, 0.3) is 0 Å². The lowest BCUT2D eigenvalue weighted by atomic mass is 9.84. The van der Waals surface area contributed by atoms with Crippen molar-refractivity contribution in [2.45, 2.75) is 32.2 Å². The fraction of sp³-hybridized carbons (Fsp3) is 0.278. The molecule has 0 saturated carbocycles. The van der Waals surface area contributed by atoms with Crippen molar-refractivity contribution in [1.29, 1.82) is 0 Å². The lowest BCUT2D eigenvalue weighted by molar-refractivity contribution is 0.0880. The number of fused-ring (bicyclic) bond motifs is 2. The molecule has 0 fully saturated rings. The van der Waals surface area contributed by atoms with Gasteiger partial charge in [-0.3, -0.25) is 4.79 Å². The summed E-state index contributed by atoms with van der Waals surface area (Å²) in [7, 11) is 0. The molecule has 0 spiro atoms. The average molecular weight is 296 g/mol. The second kappa shape index (κ2) is 5.46. The van der Waals surface area contributed by atoms with E-state index in [0.717, 1.165) is 11.4 Å². The van der Waals surface area contributed by atoms with Crippen LogP contribution in [0.2, 0.25) is 0 Å². The number of ether oxygens (including phenoxy) is 1. The summed E-state index contributed by atoms with van der Waals surface area (Å²) in [4.78, 5) is 12.9. The second-order valence-electron chi connectivity index (χ2n) is 5.59. The molecular formula is C18H20N2O2. The minimum absolute atomic E-state index is 0.0511. The first-order chi connectivity index (χ1) is 10.6. The van der Waals surface area contributed by atoms with Crippen molar-refractivity contribution in [2.24, 2.45) is 5.73 Å². The molecule has 0 amide bonds. The van der Waals surface area contributed by atoms with Crippen molar-refractivity contribution in [3.63, 3.8) is 0 Å². The molecule has 114 valence electrons. The molecule has 0 bridgehead atoms. The number of hydrogen-bond acceptors (Lipinski definition) is 4. The molecule has 22 heavy (non-hydrogen) atoms. The van der Waals surface area contributed by atoms with Crippen molar-refractivity contribution in [2.75, 3.05) is 5.32 Å². The summed E-state index contributed by atoms with van der Waals surface area (Å²) in [5.74, 6) is 1.36. The highest BCUT2D eigenvalue weighted by molar-refractivity contribution is 6.09. The molecule has 3 N–H and O–H groups in total. The largest absolute Gasteiger partial charge is 0.453 e. The Balaban J connectivity index is 2.05. The minimum atomic E-state index is -0.840. The zero-order valence-electron chi connectivity index (χ0n) is 12.8. The molecule has 2 aromatic rings. The van der Waals surface area contributed by atoms with Crippen LogP contribution in [0.5, 0.6) is 11.5 Å². The summed E-state index contributed by atoms with van der Waals surface area (Å²) in [6.45, 7) is 3.88. The quantitative estimate of drug-likeness (QED) is 0.707. The summed E-state index contributed by atoms with van der Waals surface area (Å²) >= 11 is 0. The number of hydrogen-bond donors (Lipinski definition) is 2. The molecule has 0 aliphatic carbocycles. The molecule has 0 aromatic heterocycles. The van der Waals surface area contributed by atoms with Crippen LogP contribution in [0.3, 0.4) is 0 Å². The number of carbonyl (C=O) groups is 1. The average Bonchev–Trinajstić information content (AvgIpc) is 2.58. The van der Waals surface area contributed by atoms with Crippen molar-refractivity contribution in [1.82, 2.24) is 0 Å². The zero-order chi connectivity index (χ0) is 15.7. The number of para-hydroxylation sites is 3. The number of benzene rings is 2. The Hall–Kier alpha value is -2.33. The standard InChI is InChI=1S/C18H20N2O2/c1-3-18(19,4-2)17(21)12-8-7-11-15-16(12)20-13-9-5-6-10-14(13)22-15/h5-11,20H,3-4,19H2,1-2H3. The summed E-state index contributed by atoms with van der Waals surface area (Å²) in [5.41, 5.74) is 7.57. The summed E-state index contributed by atoms with van der Waals surface area (Å²) in [5, 5.41) is 3.31. The lowest BCUT2D eigenvalue weighted by Gasteiger charge is -2.28. The van der Waals surface area contributed by atoms with Gasteiger partial charge in [0.05, 0.1) is 16.9 Å². The van der Waals surface area contributed by atoms with E-state index in [9.17, 15) is 4.79 Å². The molecule has 2 aromatic carbocycles. The molecule has 0 atom stereocenters. The molecule has 4 nitrogen and oxygen atoms in total. The number of nitrogens with two attached hydrogens (primary N) is 1. The Morgan fingerprint density at radius 2 is 1.77 bits per heavy atom. The molecule has 1 aliphatic heterocycles. The first-order valence-corrected chi connectivity index (χ1v) is 7.59. The second-order valence-corrected chi connectivity index (χ2v) is 5.59. The van der Waals surface area contributed by atoms with E-state index in [1.54, 1.807) is 6.07 Å². The molecule has 1 heterocycles. The summed E-state index contributed by atoms with van der Waals surface area (Å²) in [6, 6.07) is 13.1. The SMILES string of the molecule is CCC(N)(CC)C(=O)c1cccc2c1Nc1ccccc1O2. The minimum Gasteiger partial charge on any atom is -0.453 e. The first-order valence-electron chi connectivity index (χ1n) is 7.59. The van der Waals surface area contributed by atoms with Crippen LogP contribution in [-0.2, 0) is 0 Å². The van der Waals surface area contributed by atoms with Gasteiger partial charge >= 0.3 is 0 Å². The van der Waals surface area contributed by atoms with E-state index in [2.05, 4.69) is 5.32 Å². The van der Waals surface area contributed by atoms with Gasteiger partial charge in [0.15, 0.2) is 17.3 Å². The van der Waals surface area contributed by atoms with Crippen molar-refractivity contribution < 1.29 is 9.53 Å². The molecule has 0 saturated heterocycles. The van der Waals surface area contributed by atoms with E-state index in [-0.39, 0.29) is 5.78 Å². The normalized spacial score (nSPS) is 12.7. The highest BCUT2D eigenvalue weighted by Gasteiger charge is 2.34. The number of ketones is 1. The number of anilines is 2. The van der Waals surface area contributed by atoms with E-state index >= 15 is 0 Å². The van der Waals surface area contributed by atoms with E-state index in [1.165, 1.54) is 0 Å². The number of carbonyl (C=O) groups excluding carboxylic acids is 1. The van der Waals surface area contributed by atoms with E-state index in [1.807, 2.05) is 50.2 Å². The van der Waals surface area contributed by atoms with Gasteiger partial charge in [0.1, 0.15) is 0 Å². The van der Waals surface area contributed by atoms with Gasteiger partial charge in [-0.15, -0.1) is 0 Å². The Morgan fingerprint density at radius 3 is 2.50 bits per heavy atom. The van der Waals surface area contributed by atoms with Crippen molar-refractivity contribution >= 4 is 17.2 Å². The highest BCUT2D eigenvalue weighted by atomic mass is 16.5. The van der Waals surface area contributed by atoms with Crippen LogP contribution in [-0.4, -0.2) is 11.3 Å². The third-order valence-electron chi connectivity index (χ3n) is 4.35. The maximum absolute atomic E-state index is 12.9. The van der Waals surface area contributed by atoms with Gasteiger partial charge in [0, 0.05) is 5.56 Å². The molecular weight excluding hydrogens is 276 g/mol. The van der Waals surface area contributed by atoms with Gasteiger partial charge in [-0.05, 0) is 37.1 Å². The smallest absolute Gasteiger partial charge is 0.184 e. The van der Waals surface area contributed by atoms with Gasteiger partial charge in [-0.25, -0.2) is 0 Å². The van der Waals surface area contributed by atoms with E-state index in [0.29, 0.717) is 29.8 Å². The predicted molar refractivity (Wildman–Crippen MR) is 88.1 cm³/mol.